The van der Waals surface area contributed by atoms with Gasteiger partial charge in [-0.3, -0.25) is 19.1 Å². The summed E-state index contributed by atoms with van der Waals surface area (Å²) in [5.41, 5.74) is 2.39. The number of benzene rings is 3. The molecule has 35 heavy (non-hydrogen) atoms. The van der Waals surface area contributed by atoms with E-state index in [4.69, 9.17) is 0 Å². The zero-order chi connectivity index (χ0) is 24.2. The van der Waals surface area contributed by atoms with Crippen LogP contribution in [0.15, 0.2) is 88.5 Å². The maximum Gasteiger partial charge on any atom is 0.328 e. The largest absolute Gasteiger partial charge is 0.336 e. The van der Waals surface area contributed by atoms with Crippen LogP contribution in [0.5, 0.6) is 0 Å². The minimum atomic E-state index is -0.461. The van der Waals surface area contributed by atoms with E-state index in [2.05, 4.69) is 22.0 Å². The number of aromatic amines is 1. The average Bonchev–Trinajstić information content (AvgIpc) is 2.89. The highest BCUT2D eigenvalue weighted by Crippen LogP contribution is 2.15. The van der Waals surface area contributed by atoms with E-state index in [9.17, 15) is 14.4 Å². The molecule has 0 unspecified atom stereocenters. The summed E-state index contributed by atoms with van der Waals surface area (Å²) in [5.74, 6) is -0.0830. The van der Waals surface area contributed by atoms with Crippen molar-refractivity contribution in [3.8, 4) is 0 Å². The van der Waals surface area contributed by atoms with Gasteiger partial charge in [0.05, 0.1) is 10.9 Å². The number of carbonyl (C=O) groups excluding carboxylic acids is 1. The van der Waals surface area contributed by atoms with Gasteiger partial charge >= 0.3 is 5.69 Å². The van der Waals surface area contributed by atoms with Crippen molar-refractivity contribution in [2.24, 2.45) is 0 Å². The van der Waals surface area contributed by atoms with Crippen molar-refractivity contribution >= 4 is 16.8 Å². The van der Waals surface area contributed by atoms with Crippen LogP contribution in [0.25, 0.3) is 10.9 Å². The number of nitrogens with one attached hydrogen (secondary N) is 1. The van der Waals surface area contributed by atoms with Gasteiger partial charge in [0.1, 0.15) is 0 Å². The predicted molar refractivity (Wildman–Crippen MR) is 137 cm³/mol. The van der Waals surface area contributed by atoms with Crippen LogP contribution >= 0.6 is 0 Å². The quantitative estimate of drug-likeness (QED) is 0.472. The van der Waals surface area contributed by atoms with Crippen LogP contribution in [-0.2, 0) is 19.5 Å². The van der Waals surface area contributed by atoms with Crippen molar-refractivity contribution in [3.63, 3.8) is 0 Å². The molecule has 0 aliphatic carbocycles. The van der Waals surface area contributed by atoms with Crippen LogP contribution in [0, 0.1) is 0 Å². The second kappa shape index (κ2) is 10.1. The van der Waals surface area contributed by atoms with E-state index in [1.807, 2.05) is 53.4 Å². The Balaban J connectivity index is 1.28. The van der Waals surface area contributed by atoms with Gasteiger partial charge in [0.2, 0.25) is 0 Å². The zero-order valence-electron chi connectivity index (χ0n) is 19.5. The maximum atomic E-state index is 13.1. The molecule has 3 aromatic carbocycles. The fourth-order valence-electron chi connectivity index (χ4n) is 4.61. The van der Waals surface area contributed by atoms with E-state index < -0.39 is 5.69 Å². The SMILES string of the molecule is O=C(c1ccc2c(=O)n(CCc3ccccc3)c(=O)[nH]c2c1)N1CCN(Cc2ccccc2)CC1. The minimum absolute atomic E-state index is 0.0830. The molecule has 0 saturated carbocycles. The van der Waals surface area contributed by atoms with Crippen LogP contribution in [-0.4, -0.2) is 51.4 Å². The first-order chi connectivity index (χ1) is 17.1. The van der Waals surface area contributed by atoms with Gasteiger partial charge in [-0.2, -0.15) is 0 Å². The van der Waals surface area contributed by atoms with Gasteiger partial charge in [0, 0.05) is 44.8 Å². The maximum absolute atomic E-state index is 13.1. The lowest BCUT2D eigenvalue weighted by molar-refractivity contribution is 0.0628. The number of hydrogen-bond acceptors (Lipinski definition) is 4. The summed E-state index contributed by atoms with van der Waals surface area (Å²) < 4.78 is 1.22. The molecule has 4 aromatic rings. The Morgan fingerprint density at radius 1 is 0.800 bits per heavy atom. The Hall–Kier alpha value is -3.97. The van der Waals surface area contributed by atoms with Crippen molar-refractivity contribution in [2.75, 3.05) is 26.2 Å². The molecule has 0 radical (unpaired) electrons. The molecule has 5 rings (SSSR count). The van der Waals surface area contributed by atoms with Gasteiger partial charge in [-0.05, 0) is 35.7 Å². The predicted octanol–water partition coefficient (Wildman–Crippen LogP) is 2.89. The summed E-state index contributed by atoms with van der Waals surface area (Å²) in [4.78, 5) is 45.7. The fourth-order valence-corrected chi connectivity index (χ4v) is 4.61. The van der Waals surface area contributed by atoms with Crippen molar-refractivity contribution in [1.82, 2.24) is 19.4 Å². The average molecular weight is 469 g/mol. The van der Waals surface area contributed by atoms with E-state index >= 15 is 0 Å². The number of aromatic nitrogens is 2. The summed E-state index contributed by atoms with van der Waals surface area (Å²) in [6.45, 7) is 4.05. The monoisotopic (exact) mass is 468 g/mol. The van der Waals surface area contributed by atoms with Gasteiger partial charge in [-0.25, -0.2) is 4.79 Å². The Bertz CT molecular complexity index is 1440. The molecule has 1 amide bonds. The minimum Gasteiger partial charge on any atom is -0.336 e. The molecule has 2 heterocycles. The Labute approximate surface area is 203 Å². The van der Waals surface area contributed by atoms with Gasteiger partial charge < -0.3 is 9.88 Å². The van der Waals surface area contributed by atoms with Gasteiger partial charge in [-0.1, -0.05) is 60.7 Å². The molecular formula is C28H28N4O3. The number of carbonyl (C=O) groups is 1. The third-order valence-corrected chi connectivity index (χ3v) is 6.60. The highest BCUT2D eigenvalue weighted by Gasteiger charge is 2.23. The first-order valence-electron chi connectivity index (χ1n) is 11.9. The Morgan fingerprint density at radius 3 is 2.14 bits per heavy atom. The molecule has 7 nitrogen and oxygen atoms in total. The van der Waals surface area contributed by atoms with Crippen molar-refractivity contribution in [3.05, 3.63) is 116 Å². The van der Waals surface area contributed by atoms with Crippen LogP contribution in [0.3, 0.4) is 0 Å². The van der Waals surface area contributed by atoms with E-state index in [0.717, 1.165) is 25.2 Å². The summed E-state index contributed by atoms with van der Waals surface area (Å²) in [5, 5.41) is 0.405. The van der Waals surface area contributed by atoms with E-state index in [1.54, 1.807) is 18.2 Å². The van der Waals surface area contributed by atoms with Crippen LogP contribution in [0.2, 0.25) is 0 Å². The van der Waals surface area contributed by atoms with Crippen LogP contribution in [0.1, 0.15) is 21.5 Å². The molecule has 1 N–H and O–H groups in total. The molecule has 1 aliphatic heterocycles. The molecule has 1 aliphatic rings. The Kier molecular flexibility index (Phi) is 6.59. The number of H-pyrrole nitrogens is 1. The lowest BCUT2D eigenvalue weighted by atomic mass is 10.1. The molecule has 7 heteroatoms. The smallest absolute Gasteiger partial charge is 0.328 e. The van der Waals surface area contributed by atoms with Crippen molar-refractivity contribution in [2.45, 2.75) is 19.5 Å². The lowest BCUT2D eigenvalue weighted by Gasteiger charge is -2.34. The third kappa shape index (κ3) is 5.10. The van der Waals surface area contributed by atoms with E-state index in [1.165, 1.54) is 10.1 Å². The van der Waals surface area contributed by atoms with Crippen LogP contribution < -0.4 is 11.2 Å². The van der Waals surface area contributed by atoms with E-state index in [0.29, 0.717) is 42.5 Å². The first-order valence-corrected chi connectivity index (χ1v) is 11.9. The fraction of sp³-hybridized carbons (Fsp3) is 0.250. The van der Waals surface area contributed by atoms with Gasteiger partial charge in [0.25, 0.3) is 11.5 Å². The van der Waals surface area contributed by atoms with Gasteiger partial charge in [-0.15, -0.1) is 0 Å². The number of nitrogens with zero attached hydrogens (tertiary/aromatic N) is 3. The number of rotatable bonds is 6. The Morgan fingerprint density at radius 2 is 1.46 bits per heavy atom. The molecule has 0 atom stereocenters. The third-order valence-electron chi connectivity index (χ3n) is 6.60. The molecular weight excluding hydrogens is 440 g/mol. The molecule has 0 bridgehead atoms. The highest BCUT2D eigenvalue weighted by molar-refractivity contribution is 5.97. The number of aryl methyl sites for hydroxylation is 1. The standard InChI is InChI=1S/C28H28N4O3/c33-26(31-17-15-30(16-18-31)20-22-9-5-2-6-10-22)23-11-12-24-25(19-23)29-28(35)32(27(24)34)14-13-21-7-3-1-4-8-21/h1-12,19H,13-18,20H2,(H,29,35). The number of piperazine rings is 1. The summed E-state index contributed by atoms with van der Waals surface area (Å²) in [6.07, 6.45) is 0.585. The number of amides is 1. The molecule has 1 fully saturated rings. The van der Waals surface area contributed by atoms with Crippen molar-refractivity contribution in [1.29, 1.82) is 0 Å². The molecule has 1 aromatic heterocycles. The number of hydrogen-bond donors (Lipinski definition) is 1. The summed E-state index contributed by atoms with van der Waals surface area (Å²) >= 11 is 0. The molecule has 0 spiro atoms. The second-order valence-electron chi connectivity index (χ2n) is 8.94. The second-order valence-corrected chi connectivity index (χ2v) is 8.94. The lowest BCUT2D eigenvalue weighted by Crippen LogP contribution is -2.48. The normalized spacial score (nSPS) is 14.3. The van der Waals surface area contributed by atoms with Gasteiger partial charge in [0.15, 0.2) is 0 Å². The molecule has 178 valence electrons. The zero-order valence-corrected chi connectivity index (χ0v) is 19.5. The number of fused-ring (bicyclic) bond motifs is 1. The summed E-state index contributed by atoms with van der Waals surface area (Å²) in [6, 6.07) is 25.0. The topological polar surface area (TPSA) is 78.4 Å². The van der Waals surface area contributed by atoms with Crippen LogP contribution in [0.4, 0.5) is 0 Å². The van der Waals surface area contributed by atoms with E-state index in [-0.39, 0.29) is 11.5 Å². The van der Waals surface area contributed by atoms with Crippen molar-refractivity contribution < 1.29 is 4.79 Å². The first kappa shape index (κ1) is 22.8. The highest BCUT2D eigenvalue weighted by atomic mass is 16.2. The molecule has 1 saturated heterocycles. The summed E-state index contributed by atoms with van der Waals surface area (Å²) in [7, 11) is 0.